The maximum Gasteiger partial charge on any atom is 0.141 e. The Kier molecular flexibility index (Phi) is 7.59. The zero-order chi connectivity index (χ0) is 16.5. The highest BCUT2D eigenvalue weighted by atomic mass is 19.1. The normalized spacial score (nSPS) is 21.1. The van der Waals surface area contributed by atoms with Crippen molar-refractivity contribution in [2.75, 3.05) is 0 Å². The number of unbranched alkanes of at least 4 members (excludes halogenated alkanes) is 3. The summed E-state index contributed by atoms with van der Waals surface area (Å²) in [6.45, 7) is 2.27. The molecule has 0 radical (unpaired) electrons. The van der Waals surface area contributed by atoms with Crippen molar-refractivity contribution in [2.45, 2.75) is 77.6 Å². The number of nitriles is 1. The molecule has 0 bridgehead atoms. The maximum atomic E-state index is 13.6. The third-order valence-electron chi connectivity index (χ3n) is 5.43. The largest absolute Gasteiger partial charge is 0.206 e. The fraction of sp³-hybridized carbons (Fsp3) is 0.667. The first-order valence-electron chi connectivity index (χ1n) is 9.41. The van der Waals surface area contributed by atoms with E-state index in [0.29, 0.717) is 0 Å². The van der Waals surface area contributed by atoms with E-state index in [9.17, 15) is 4.39 Å². The van der Waals surface area contributed by atoms with Gasteiger partial charge in [0, 0.05) is 0 Å². The summed E-state index contributed by atoms with van der Waals surface area (Å²) >= 11 is 0. The second-order valence-electron chi connectivity index (χ2n) is 7.20. The van der Waals surface area contributed by atoms with E-state index in [-0.39, 0.29) is 11.4 Å². The predicted octanol–water partition coefficient (Wildman–Crippen LogP) is 6.41. The van der Waals surface area contributed by atoms with Gasteiger partial charge in [0.05, 0.1) is 5.56 Å². The topological polar surface area (TPSA) is 23.8 Å². The van der Waals surface area contributed by atoms with Gasteiger partial charge in [0.1, 0.15) is 11.9 Å². The number of aryl methyl sites for hydroxylation is 1. The van der Waals surface area contributed by atoms with E-state index >= 15 is 0 Å². The molecule has 0 saturated heterocycles. The zero-order valence-electron chi connectivity index (χ0n) is 14.5. The van der Waals surface area contributed by atoms with Gasteiger partial charge in [0.25, 0.3) is 0 Å². The molecule has 2 heteroatoms. The first-order chi connectivity index (χ1) is 11.2. The van der Waals surface area contributed by atoms with Gasteiger partial charge in [-0.2, -0.15) is 5.26 Å². The van der Waals surface area contributed by atoms with E-state index in [4.69, 9.17) is 5.26 Å². The molecule has 1 fully saturated rings. The van der Waals surface area contributed by atoms with Gasteiger partial charge in [-0.15, -0.1) is 0 Å². The van der Waals surface area contributed by atoms with Crippen LogP contribution in [0.1, 0.15) is 82.3 Å². The second-order valence-corrected chi connectivity index (χ2v) is 7.20. The molecule has 0 atom stereocenters. The average Bonchev–Trinajstić information content (AvgIpc) is 2.58. The van der Waals surface area contributed by atoms with E-state index < -0.39 is 0 Å². The molecular formula is C21H30FN. The predicted molar refractivity (Wildman–Crippen MR) is 93.6 cm³/mol. The highest BCUT2D eigenvalue weighted by Crippen LogP contribution is 2.34. The van der Waals surface area contributed by atoms with Crippen LogP contribution < -0.4 is 0 Å². The maximum absolute atomic E-state index is 13.6. The van der Waals surface area contributed by atoms with Gasteiger partial charge in [0.2, 0.25) is 0 Å². The summed E-state index contributed by atoms with van der Waals surface area (Å²) in [6, 6.07) is 6.93. The molecule has 1 aliphatic rings. The lowest BCUT2D eigenvalue weighted by Crippen LogP contribution is -2.15. The second kappa shape index (κ2) is 9.71. The molecule has 23 heavy (non-hydrogen) atoms. The van der Waals surface area contributed by atoms with Crippen molar-refractivity contribution in [3.05, 3.63) is 35.1 Å². The van der Waals surface area contributed by atoms with Crippen LogP contribution in [0.15, 0.2) is 18.2 Å². The smallest absolute Gasteiger partial charge is 0.141 e. The number of nitrogens with zero attached hydrogens (tertiary/aromatic N) is 1. The third-order valence-corrected chi connectivity index (χ3v) is 5.43. The van der Waals surface area contributed by atoms with Crippen molar-refractivity contribution in [3.63, 3.8) is 0 Å². The van der Waals surface area contributed by atoms with Crippen LogP contribution in [0.4, 0.5) is 4.39 Å². The van der Waals surface area contributed by atoms with E-state index in [2.05, 4.69) is 6.92 Å². The molecule has 2 rings (SSSR count). The summed E-state index contributed by atoms with van der Waals surface area (Å²) < 4.78 is 13.6. The van der Waals surface area contributed by atoms with Gasteiger partial charge in [-0.25, -0.2) is 4.39 Å². The quantitative estimate of drug-likeness (QED) is 0.509. The van der Waals surface area contributed by atoms with Crippen LogP contribution in [0.2, 0.25) is 0 Å². The van der Waals surface area contributed by atoms with Crippen molar-refractivity contribution in [1.29, 1.82) is 5.26 Å². The SMILES string of the molecule is CCCCCC[C@H]1CC[C@H](CCc2ccc(C#N)c(F)c2)CC1. The average molecular weight is 315 g/mol. The molecule has 0 aliphatic heterocycles. The molecule has 0 N–H and O–H groups in total. The molecule has 0 unspecified atom stereocenters. The van der Waals surface area contributed by atoms with Crippen LogP contribution in [0, 0.1) is 29.0 Å². The number of rotatable bonds is 8. The highest BCUT2D eigenvalue weighted by Gasteiger charge is 2.20. The van der Waals surface area contributed by atoms with Crippen molar-refractivity contribution in [2.24, 2.45) is 11.8 Å². The van der Waals surface area contributed by atoms with E-state index in [0.717, 1.165) is 30.2 Å². The van der Waals surface area contributed by atoms with Crippen molar-refractivity contribution in [1.82, 2.24) is 0 Å². The molecule has 0 amide bonds. The van der Waals surface area contributed by atoms with Crippen molar-refractivity contribution < 1.29 is 4.39 Å². The molecule has 126 valence electrons. The molecular weight excluding hydrogens is 285 g/mol. The fourth-order valence-corrected chi connectivity index (χ4v) is 3.84. The molecule has 1 aromatic rings. The van der Waals surface area contributed by atoms with E-state index in [1.807, 2.05) is 12.1 Å². The van der Waals surface area contributed by atoms with Crippen molar-refractivity contribution in [3.8, 4) is 6.07 Å². The fourth-order valence-electron chi connectivity index (χ4n) is 3.84. The Balaban J connectivity index is 1.66. The Bertz CT molecular complexity index is 509. The third kappa shape index (κ3) is 5.98. The Morgan fingerprint density at radius 3 is 2.35 bits per heavy atom. The molecule has 0 aromatic heterocycles. The molecule has 0 heterocycles. The molecule has 1 saturated carbocycles. The van der Waals surface area contributed by atoms with Crippen LogP contribution in [0.25, 0.3) is 0 Å². The van der Waals surface area contributed by atoms with Gasteiger partial charge < -0.3 is 0 Å². The summed E-state index contributed by atoms with van der Waals surface area (Å²) in [5.41, 5.74) is 1.18. The number of hydrogen-bond donors (Lipinski definition) is 0. The molecule has 0 spiro atoms. The molecule has 1 aromatic carbocycles. The van der Waals surface area contributed by atoms with Crippen LogP contribution in [0.3, 0.4) is 0 Å². The summed E-state index contributed by atoms with van der Waals surface area (Å²) in [5, 5.41) is 8.77. The number of benzene rings is 1. The highest BCUT2D eigenvalue weighted by molar-refractivity contribution is 5.33. The minimum Gasteiger partial charge on any atom is -0.206 e. The minimum atomic E-state index is -0.374. The summed E-state index contributed by atoms with van der Waals surface area (Å²) in [5.74, 6) is 1.39. The van der Waals surface area contributed by atoms with E-state index in [1.54, 1.807) is 6.07 Å². The zero-order valence-corrected chi connectivity index (χ0v) is 14.5. The minimum absolute atomic E-state index is 0.150. The van der Waals surface area contributed by atoms with Gasteiger partial charge in [-0.1, -0.05) is 70.8 Å². The summed E-state index contributed by atoms with van der Waals surface area (Å²) in [7, 11) is 0. The lowest BCUT2D eigenvalue weighted by Gasteiger charge is -2.28. The molecule has 1 aliphatic carbocycles. The Labute approximate surface area is 140 Å². The first-order valence-corrected chi connectivity index (χ1v) is 9.41. The van der Waals surface area contributed by atoms with Crippen LogP contribution in [-0.2, 0) is 6.42 Å². The Morgan fingerprint density at radius 2 is 1.74 bits per heavy atom. The lowest BCUT2D eigenvalue weighted by atomic mass is 9.77. The summed E-state index contributed by atoms with van der Waals surface area (Å²) in [4.78, 5) is 0. The number of hydrogen-bond acceptors (Lipinski definition) is 1. The van der Waals surface area contributed by atoms with Gasteiger partial charge in [-0.3, -0.25) is 0 Å². The van der Waals surface area contributed by atoms with Gasteiger partial charge in [0.15, 0.2) is 0 Å². The lowest BCUT2D eigenvalue weighted by molar-refractivity contribution is 0.249. The molecule has 1 nitrogen and oxygen atoms in total. The summed E-state index contributed by atoms with van der Waals surface area (Å²) in [6.07, 6.45) is 14.5. The van der Waals surface area contributed by atoms with Crippen LogP contribution in [-0.4, -0.2) is 0 Å². The standard InChI is InChI=1S/C21H30FN/c1-2-3-4-5-6-17-7-9-18(10-8-17)11-12-19-13-14-20(16-23)21(22)15-19/h13-15,17-18H,2-12H2,1H3/t17-,18-. The van der Waals surface area contributed by atoms with Crippen molar-refractivity contribution >= 4 is 0 Å². The number of halogens is 1. The van der Waals surface area contributed by atoms with E-state index in [1.165, 1.54) is 63.9 Å². The van der Waals surface area contributed by atoms with Crippen LogP contribution in [0.5, 0.6) is 0 Å². The first kappa shape index (κ1) is 18.0. The van der Waals surface area contributed by atoms with Crippen LogP contribution >= 0.6 is 0 Å². The monoisotopic (exact) mass is 315 g/mol. The van der Waals surface area contributed by atoms with Gasteiger partial charge in [-0.05, 0) is 42.4 Å². The Morgan fingerprint density at radius 1 is 1.04 bits per heavy atom. The van der Waals surface area contributed by atoms with Gasteiger partial charge >= 0.3 is 0 Å². The Hall–Kier alpha value is -1.36.